The number of carbonyl (C=O) groups is 1. The summed E-state index contributed by atoms with van der Waals surface area (Å²) >= 11 is 0. The summed E-state index contributed by atoms with van der Waals surface area (Å²) in [7, 11) is 0. The van der Waals surface area contributed by atoms with Crippen LogP contribution in [-0.2, 0) is 9.53 Å². The van der Waals surface area contributed by atoms with Gasteiger partial charge in [-0.15, -0.1) is 0 Å². The molecule has 1 aromatic carbocycles. The molecule has 1 rings (SSSR count). The Morgan fingerprint density at radius 3 is 2.58 bits per heavy atom. The summed E-state index contributed by atoms with van der Waals surface area (Å²) in [6, 6.07) is 6.91. The molecule has 0 radical (unpaired) electrons. The first-order valence-electron chi connectivity index (χ1n) is 6.65. The first-order chi connectivity index (χ1) is 8.95. The highest BCUT2D eigenvalue weighted by molar-refractivity contribution is 5.78. The van der Waals surface area contributed by atoms with Crippen LogP contribution in [0.5, 0.6) is 5.75 Å². The van der Waals surface area contributed by atoms with E-state index in [-0.39, 0.29) is 30.4 Å². The van der Waals surface area contributed by atoms with Crippen LogP contribution in [0.2, 0.25) is 0 Å². The molecule has 1 amide bonds. The van der Waals surface area contributed by atoms with Gasteiger partial charge in [-0.1, -0.05) is 12.1 Å². The Labute approximate surface area is 115 Å². The molecule has 0 aliphatic heterocycles. The van der Waals surface area contributed by atoms with Crippen molar-refractivity contribution in [3.63, 3.8) is 0 Å². The molecule has 0 fully saturated rings. The molecule has 0 aliphatic rings. The maximum Gasteiger partial charge on any atom is 0.249 e. The van der Waals surface area contributed by atoms with Crippen molar-refractivity contribution in [3.8, 4) is 5.75 Å². The molecule has 1 N–H and O–H groups in total. The molecule has 0 bridgehead atoms. The van der Waals surface area contributed by atoms with Gasteiger partial charge >= 0.3 is 0 Å². The minimum absolute atomic E-state index is 0.0351. The summed E-state index contributed by atoms with van der Waals surface area (Å²) in [6.45, 7) is 8.40. The van der Waals surface area contributed by atoms with Gasteiger partial charge in [-0.05, 0) is 45.4 Å². The molecule has 106 valence electrons. The van der Waals surface area contributed by atoms with Gasteiger partial charge in [-0.25, -0.2) is 0 Å². The lowest BCUT2D eigenvalue weighted by Gasteiger charge is -2.28. The van der Waals surface area contributed by atoms with Crippen LogP contribution in [0, 0.1) is 0 Å². The maximum atomic E-state index is 12.1. The fourth-order valence-electron chi connectivity index (χ4n) is 1.95. The summed E-state index contributed by atoms with van der Waals surface area (Å²) < 4.78 is 5.36. The average Bonchev–Trinajstić information content (AvgIpc) is 2.37. The largest absolute Gasteiger partial charge is 0.508 e. The highest BCUT2D eigenvalue weighted by Crippen LogP contribution is 2.23. The third kappa shape index (κ3) is 4.56. The monoisotopic (exact) mass is 265 g/mol. The molecule has 1 aromatic rings. The van der Waals surface area contributed by atoms with Gasteiger partial charge < -0.3 is 14.7 Å². The number of rotatable bonds is 6. The van der Waals surface area contributed by atoms with Gasteiger partial charge in [0, 0.05) is 6.54 Å². The van der Waals surface area contributed by atoms with Crippen LogP contribution in [0.3, 0.4) is 0 Å². The first kappa shape index (κ1) is 15.5. The van der Waals surface area contributed by atoms with Crippen molar-refractivity contribution in [1.29, 1.82) is 0 Å². The number of ether oxygens (including phenoxy) is 1. The van der Waals surface area contributed by atoms with E-state index in [2.05, 4.69) is 0 Å². The van der Waals surface area contributed by atoms with E-state index in [9.17, 15) is 9.90 Å². The van der Waals surface area contributed by atoms with Gasteiger partial charge in [0.2, 0.25) is 5.91 Å². The Balaban J connectivity index is 2.76. The molecular weight excluding hydrogens is 242 g/mol. The second-order valence-corrected chi connectivity index (χ2v) is 4.81. The van der Waals surface area contributed by atoms with Crippen molar-refractivity contribution in [2.24, 2.45) is 0 Å². The van der Waals surface area contributed by atoms with E-state index in [1.807, 2.05) is 33.8 Å². The average molecular weight is 265 g/mol. The van der Waals surface area contributed by atoms with Gasteiger partial charge in [0.25, 0.3) is 0 Å². The van der Waals surface area contributed by atoms with Gasteiger partial charge in [0.15, 0.2) is 0 Å². The van der Waals surface area contributed by atoms with Crippen molar-refractivity contribution >= 4 is 5.91 Å². The summed E-state index contributed by atoms with van der Waals surface area (Å²) in [5.74, 6) is 0.179. The number of hydrogen-bond donors (Lipinski definition) is 1. The van der Waals surface area contributed by atoms with Gasteiger partial charge in [0.1, 0.15) is 12.4 Å². The Kier molecular flexibility index (Phi) is 5.83. The predicted octanol–water partition coefficient (Wildman–Crippen LogP) is 2.73. The molecular formula is C15H23NO3. The third-order valence-electron chi connectivity index (χ3n) is 3.02. The van der Waals surface area contributed by atoms with Crippen LogP contribution in [0.15, 0.2) is 24.3 Å². The number of hydrogen-bond acceptors (Lipinski definition) is 3. The lowest BCUT2D eigenvalue weighted by Crippen LogP contribution is -2.36. The van der Waals surface area contributed by atoms with Crippen molar-refractivity contribution in [3.05, 3.63) is 29.8 Å². The van der Waals surface area contributed by atoms with Crippen LogP contribution >= 0.6 is 0 Å². The van der Waals surface area contributed by atoms with Crippen molar-refractivity contribution in [2.45, 2.75) is 39.8 Å². The Hall–Kier alpha value is -1.55. The maximum absolute atomic E-state index is 12.1. The van der Waals surface area contributed by atoms with E-state index >= 15 is 0 Å². The van der Waals surface area contributed by atoms with E-state index in [0.717, 1.165) is 5.56 Å². The van der Waals surface area contributed by atoms with Gasteiger partial charge in [-0.2, -0.15) is 0 Å². The van der Waals surface area contributed by atoms with Crippen LogP contribution in [0.4, 0.5) is 0 Å². The molecule has 4 heteroatoms. The smallest absolute Gasteiger partial charge is 0.249 e. The summed E-state index contributed by atoms with van der Waals surface area (Å²) in [6.07, 6.45) is 0.0405. The molecule has 0 spiro atoms. The molecule has 0 aromatic heterocycles. The number of nitrogens with zero attached hydrogens (tertiary/aromatic N) is 1. The summed E-state index contributed by atoms with van der Waals surface area (Å²) in [4.78, 5) is 13.9. The van der Waals surface area contributed by atoms with Gasteiger partial charge in [-0.3, -0.25) is 4.79 Å². The minimum atomic E-state index is -0.0830. The Morgan fingerprint density at radius 1 is 1.37 bits per heavy atom. The zero-order valence-corrected chi connectivity index (χ0v) is 12.1. The lowest BCUT2D eigenvalue weighted by molar-refractivity contribution is -0.139. The molecule has 19 heavy (non-hydrogen) atoms. The lowest BCUT2D eigenvalue weighted by atomic mass is 10.1. The van der Waals surface area contributed by atoms with E-state index in [0.29, 0.717) is 6.54 Å². The fraction of sp³-hybridized carbons (Fsp3) is 0.533. The highest BCUT2D eigenvalue weighted by Gasteiger charge is 2.20. The minimum Gasteiger partial charge on any atom is -0.508 e. The van der Waals surface area contributed by atoms with Crippen molar-refractivity contribution in [2.75, 3.05) is 13.2 Å². The Morgan fingerprint density at radius 2 is 2.05 bits per heavy atom. The molecule has 4 nitrogen and oxygen atoms in total. The zero-order chi connectivity index (χ0) is 14.4. The zero-order valence-electron chi connectivity index (χ0n) is 12.1. The van der Waals surface area contributed by atoms with Crippen LogP contribution in [0.1, 0.15) is 39.3 Å². The van der Waals surface area contributed by atoms with E-state index in [1.54, 1.807) is 23.1 Å². The molecule has 0 saturated carbocycles. The highest BCUT2D eigenvalue weighted by atomic mass is 16.5. The standard InChI is InChI=1S/C15H23NO3/c1-5-16(15(18)10-19-11(2)3)12(4)13-7-6-8-14(17)9-13/h6-9,11-12,17H,5,10H2,1-4H3. The molecule has 1 atom stereocenters. The number of aromatic hydroxyl groups is 1. The molecule has 0 saturated heterocycles. The van der Waals surface area contributed by atoms with Crippen molar-refractivity contribution in [1.82, 2.24) is 4.90 Å². The van der Waals surface area contributed by atoms with Crippen molar-refractivity contribution < 1.29 is 14.6 Å². The van der Waals surface area contributed by atoms with E-state index < -0.39 is 0 Å². The van der Waals surface area contributed by atoms with Gasteiger partial charge in [0.05, 0.1) is 12.1 Å². The number of carbonyl (C=O) groups excluding carboxylic acids is 1. The second-order valence-electron chi connectivity index (χ2n) is 4.81. The molecule has 0 aliphatic carbocycles. The third-order valence-corrected chi connectivity index (χ3v) is 3.02. The summed E-state index contributed by atoms with van der Waals surface area (Å²) in [5.41, 5.74) is 0.916. The van der Waals surface area contributed by atoms with Crippen LogP contribution in [-0.4, -0.2) is 35.2 Å². The first-order valence-corrected chi connectivity index (χ1v) is 6.65. The normalized spacial score (nSPS) is 12.5. The van der Waals surface area contributed by atoms with Crippen LogP contribution < -0.4 is 0 Å². The van der Waals surface area contributed by atoms with E-state index in [4.69, 9.17) is 4.74 Å². The number of phenolic OH excluding ortho intramolecular Hbond substituents is 1. The molecule has 0 heterocycles. The summed E-state index contributed by atoms with van der Waals surface area (Å²) in [5, 5.41) is 9.50. The second kappa shape index (κ2) is 7.14. The topological polar surface area (TPSA) is 49.8 Å². The molecule has 1 unspecified atom stereocenters. The number of amides is 1. The number of benzene rings is 1. The SMILES string of the molecule is CCN(C(=O)COC(C)C)C(C)c1cccc(O)c1. The predicted molar refractivity (Wildman–Crippen MR) is 75.0 cm³/mol. The Bertz CT molecular complexity index is 418. The number of likely N-dealkylation sites (N-methyl/N-ethyl adjacent to an activating group) is 1. The number of phenols is 1. The van der Waals surface area contributed by atoms with E-state index in [1.165, 1.54) is 0 Å². The fourth-order valence-corrected chi connectivity index (χ4v) is 1.95. The quantitative estimate of drug-likeness (QED) is 0.860. The van der Waals surface area contributed by atoms with Crippen LogP contribution in [0.25, 0.3) is 0 Å².